The molecule has 4 nitrogen and oxygen atoms in total. The molecule has 2 saturated carbocycles. The predicted octanol–water partition coefficient (Wildman–Crippen LogP) is 4.18. The van der Waals surface area contributed by atoms with E-state index in [1.807, 2.05) is 0 Å². The van der Waals surface area contributed by atoms with Gasteiger partial charge >= 0.3 is 0 Å². The first-order valence-corrected chi connectivity index (χ1v) is 9.23. The van der Waals surface area contributed by atoms with Gasteiger partial charge in [0, 0.05) is 12.8 Å². The molecule has 1 N–H and O–H groups in total. The van der Waals surface area contributed by atoms with Crippen LogP contribution in [-0.4, -0.2) is 16.1 Å². The maximum absolute atomic E-state index is 12.0. The summed E-state index contributed by atoms with van der Waals surface area (Å²) in [4.78, 5) is 12.0. The smallest absolute Gasteiger partial charge is 0.226 e. The molecule has 116 valence electrons. The van der Waals surface area contributed by atoms with Crippen LogP contribution < -0.4 is 5.32 Å². The average molecular weight is 307 g/mol. The fourth-order valence-electron chi connectivity index (χ4n) is 3.66. The summed E-state index contributed by atoms with van der Waals surface area (Å²) in [7, 11) is 0. The summed E-state index contributed by atoms with van der Waals surface area (Å²) in [5, 5.41) is 13.0. The van der Waals surface area contributed by atoms with E-state index in [9.17, 15) is 4.79 Å². The average Bonchev–Trinajstić information content (AvgIpc) is 3.19. The number of nitrogens with zero attached hydrogens (tertiary/aromatic N) is 2. The van der Waals surface area contributed by atoms with Crippen molar-refractivity contribution < 1.29 is 4.79 Å². The van der Waals surface area contributed by atoms with Gasteiger partial charge in [-0.05, 0) is 18.3 Å². The second-order valence-electron chi connectivity index (χ2n) is 6.59. The molecule has 21 heavy (non-hydrogen) atoms. The number of rotatable bonds is 6. The summed E-state index contributed by atoms with van der Waals surface area (Å²) >= 11 is 1.55. The van der Waals surface area contributed by atoms with Gasteiger partial charge in [0.15, 0.2) is 0 Å². The van der Waals surface area contributed by atoms with Crippen LogP contribution in [0.4, 0.5) is 5.13 Å². The molecule has 0 spiro atoms. The highest BCUT2D eigenvalue weighted by Crippen LogP contribution is 2.30. The first-order valence-electron chi connectivity index (χ1n) is 8.42. The minimum Gasteiger partial charge on any atom is -0.301 e. The van der Waals surface area contributed by atoms with Gasteiger partial charge in [0.1, 0.15) is 5.01 Å². The van der Waals surface area contributed by atoms with E-state index in [0.717, 1.165) is 29.7 Å². The molecule has 5 heteroatoms. The molecule has 0 atom stereocenters. The Balaban J connectivity index is 1.41. The summed E-state index contributed by atoms with van der Waals surface area (Å²) in [5.41, 5.74) is 0. The molecule has 0 radical (unpaired) electrons. The summed E-state index contributed by atoms with van der Waals surface area (Å²) in [6.45, 7) is 0. The van der Waals surface area contributed by atoms with Gasteiger partial charge in [0.2, 0.25) is 11.0 Å². The Morgan fingerprint density at radius 2 is 1.71 bits per heavy atom. The van der Waals surface area contributed by atoms with Gasteiger partial charge in [-0.1, -0.05) is 62.7 Å². The maximum atomic E-state index is 12.0. The molecule has 3 rings (SSSR count). The molecular formula is C16H25N3OS. The molecule has 2 aliphatic carbocycles. The van der Waals surface area contributed by atoms with Crippen LogP contribution in [0.1, 0.15) is 69.2 Å². The zero-order chi connectivity index (χ0) is 14.5. The zero-order valence-electron chi connectivity index (χ0n) is 12.6. The Labute approximate surface area is 130 Å². The topological polar surface area (TPSA) is 54.9 Å². The van der Waals surface area contributed by atoms with Gasteiger partial charge in [-0.2, -0.15) is 0 Å². The Morgan fingerprint density at radius 3 is 2.43 bits per heavy atom. The number of aromatic nitrogens is 2. The van der Waals surface area contributed by atoms with Crippen molar-refractivity contribution in [3.63, 3.8) is 0 Å². The van der Waals surface area contributed by atoms with Crippen LogP contribution in [0.5, 0.6) is 0 Å². The van der Waals surface area contributed by atoms with Crippen LogP contribution in [0.2, 0.25) is 0 Å². The number of hydrogen-bond donors (Lipinski definition) is 1. The molecule has 0 unspecified atom stereocenters. The summed E-state index contributed by atoms with van der Waals surface area (Å²) in [5.74, 6) is 1.65. The molecular weight excluding hydrogens is 282 g/mol. The summed E-state index contributed by atoms with van der Waals surface area (Å²) in [6.07, 6.45) is 13.3. The number of nitrogens with one attached hydrogen (secondary N) is 1. The normalized spacial score (nSPS) is 20.2. The molecule has 0 aliphatic heterocycles. The minimum atomic E-state index is 0.102. The molecule has 1 heterocycles. The number of anilines is 1. The van der Waals surface area contributed by atoms with Crippen LogP contribution in [0, 0.1) is 11.8 Å². The first-order chi connectivity index (χ1) is 10.3. The van der Waals surface area contributed by atoms with Crippen molar-refractivity contribution in [3.05, 3.63) is 5.01 Å². The van der Waals surface area contributed by atoms with Crippen molar-refractivity contribution in [2.75, 3.05) is 5.32 Å². The van der Waals surface area contributed by atoms with E-state index in [-0.39, 0.29) is 5.91 Å². The quantitative estimate of drug-likeness (QED) is 0.857. The lowest BCUT2D eigenvalue weighted by Gasteiger charge is -2.07. The number of amides is 1. The minimum absolute atomic E-state index is 0.102. The SMILES string of the molecule is O=C(CCC1CCCC1)Nc1nnc(CC2CCCC2)s1. The maximum Gasteiger partial charge on any atom is 0.226 e. The van der Waals surface area contributed by atoms with E-state index >= 15 is 0 Å². The molecule has 0 aromatic carbocycles. The van der Waals surface area contributed by atoms with Crippen LogP contribution in [-0.2, 0) is 11.2 Å². The van der Waals surface area contributed by atoms with Crippen LogP contribution in [0.25, 0.3) is 0 Å². The highest BCUT2D eigenvalue weighted by molar-refractivity contribution is 7.15. The van der Waals surface area contributed by atoms with E-state index in [4.69, 9.17) is 0 Å². The monoisotopic (exact) mass is 307 g/mol. The van der Waals surface area contributed by atoms with Crippen molar-refractivity contribution in [2.24, 2.45) is 11.8 Å². The van der Waals surface area contributed by atoms with Gasteiger partial charge < -0.3 is 5.32 Å². The van der Waals surface area contributed by atoms with Crippen LogP contribution in [0.15, 0.2) is 0 Å². The lowest BCUT2D eigenvalue weighted by Crippen LogP contribution is -2.12. The van der Waals surface area contributed by atoms with E-state index in [0.29, 0.717) is 11.6 Å². The fraction of sp³-hybridized carbons (Fsp3) is 0.812. The lowest BCUT2D eigenvalue weighted by molar-refractivity contribution is -0.116. The largest absolute Gasteiger partial charge is 0.301 e. The zero-order valence-corrected chi connectivity index (χ0v) is 13.5. The Bertz CT molecular complexity index is 462. The molecule has 2 aliphatic rings. The molecule has 2 fully saturated rings. The third-order valence-corrected chi connectivity index (χ3v) is 5.77. The van der Waals surface area contributed by atoms with Crippen molar-refractivity contribution in [2.45, 2.75) is 70.6 Å². The van der Waals surface area contributed by atoms with E-state index in [2.05, 4.69) is 15.5 Å². The standard InChI is InChI=1S/C16H25N3OS/c20-14(10-9-12-5-1-2-6-12)17-16-19-18-15(21-16)11-13-7-3-4-8-13/h12-13H,1-11H2,(H,17,19,20). The van der Waals surface area contributed by atoms with Crippen molar-refractivity contribution >= 4 is 22.4 Å². The molecule has 0 bridgehead atoms. The predicted molar refractivity (Wildman–Crippen MR) is 85.4 cm³/mol. The van der Waals surface area contributed by atoms with Gasteiger partial charge in [-0.25, -0.2) is 0 Å². The van der Waals surface area contributed by atoms with Crippen LogP contribution >= 0.6 is 11.3 Å². The summed E-state index contributed by atoms with van der Waals surface area (Å²) < 4.78 is 0. The second-order valence-corrected chi connectivity index (χ2v) is 7.65. The van der Waals surface area contributed by atoms with Gasteiger partial charge in [0.25, 0.3) is 0 Å². The Hall–Kier alpha value is -0.970. The highest BCUT2D eigenvalue weighted by Gasteiger charge is 2.19. The molecule has 1 aromatic heterocycles. The fourth-order valence-corrected chi connectivity index (χ4v) is 4.53. The van der Waals surface area contributed by atoms with Crippen molar-refractivity contribution in [1.29, 1.82) is 0 Å². The van der Waals surface area contributed by atoms with Crippen molar-refractivity contribution in [3.8, 4) is 0 Å². The second kappa shape index (κ2) is 7.34. The van der Waals surface area contributed by atoms with Gasteiger partial charge in [0.05, 0.1) is 0 Å². The molecule has 1 amide bonds. The Kier molecular flexibility index (Phi) is 5.22. The molecule has 0 saturated heterocycles. The van der Waals surface area contributed by atoms with Crippen molar-refractivity contribution in [1.82, 2.24) is 10.2 Å². The van der Waals surface area contributed by atoms with E-state index < -0.39 is 0 Å². The first kappa shape index (κ1) is 14.9. The van der Waals surface area contributed by atoms with Gasteiger partial charge in [-0.15, -0.1) is 10.2 Å². The lowest BCUT2D eigenvalue weighted by atomic mass is 10.0. The molecule has 1 aromatic rings. The third kappa shape index (κ3) is 4.50. The van der Waals surface area contributed by atoms with E-state index in [1.165, 1.54) is 51.4 Å². The number of carbonyl (C=O) groups is 1. The van der Waals surface area contributed by atoms with Crippen LogP contribution in [0.3, 0.4) is 0 Å². The Morgan fingerprint density at radius 1 is 1.05 bits per heavy atom. The summed E-state index contributed by atoms with van der Waals surface area (Å²) in [6, 6.07) is 0. The number of carbonyl (C=O) groups excluding carboxylic acids is 1. The third-order valence-electron chi connectivity index (χ3n) is 4.91. The highest BCUT2D eigenvalue weighted by atomic mass is 32.1. The van der Waals surface area contributed by atoms with E-state index in [1.54, 1.807) is 11.3 Å². The van der Waals surface area contributed by atoms with Gasteiger partial charge in [-0.3, -0.25) is 4.79 Å². The number of hydrogen-bond acceptors (Lipinski definition) is 4.